The van der Waals surface area contributed by atoms with E-state index in [4.69, 9.17) is 4.74 Å². The minimum absolute atomic E-state index is 0.0217. The molecule has 4 rings (SSSR count). The maximum Gasteiger partial charge on any atom is 0.229 e. The Morgan fingerprint density at radius 3 is 2.56 bits per heavy atom. The molecule has 2 heterocycles. The van der Waals surface area contributed by atoms with Crippen molar-refractivity contribution in [3.05, 3.63) is 76.7 Å². The zero-order valence-corrected chi connectivity index (χ0v) is 21.6. The molecule has 0 bridgehead atoms. The second-order valence-corrected chi connectivity index (χ2v) is 11.4. The zero-order chi connectivity index (χ0) is 26.1. The predicted octanol–water partition coefficient (Wildman–Crippen LogP) is 3.86. The number of ketones is 1. The van der Waals surface area contributed by atoms with Gasteiger partial charge in [0, 0.05) is 17.8 Å². The minimum Gasteiger partial charge on any atom is -0.497 e. The number of nitrogens with zero attached hydrogens (tertiary/aromatic N) is 2. The van der Waals surface area contributed by atoms with E-state index in [9.17, 15) is 18.0 Å². The number of benzene rings is 1. The highest BCUT2D eigenvalue weighted by atomic mass is 32.2. The fourth-order valence-electron chi connectivity index (χ4n) is 4.49. The Labute approximate surface area is 211 Å². The summed E-state index contributed by atoms with van der Waals surface area (Å²) in [4.78, 5) is 35.5. The summed E-state index contributed by atoms with van der Waals surface area (Å²) in [7, 11) is -1.71. The van der Waals surface area contributed by atoms with Crippen molar-refractivity contribution in [3.8, 4) is 5.75 Å². The van der Waals surface area contributed by atoms with Crippen LogP contribution in [-0.4, -0.2) is 42.9 Å². The minimum atomic E-state index is -3.29. The maximum absolute atomic E-state index is 13.6. The third-order valence-electron chi connectivity index (χ3n) is 6.71. The summed E-state index contributed by atoms with van der Waals surface area (Å²) in [6, 6.07) is 11.6. The lowest BCUT2D eigenvalue weighted by Crippen LogP contribution is -2.39. The molecule has 3 aromatic rings. The van der Waals surface area contributed by atoms with E-state index in [1.165, 1.54) is 12.1 Å². The first-order valence-corrected chi connectivity index (χ1v) is 13.4. The van der Waals surface area contributed by atoms with Crippen LogP contribution in [0.15, 0.2) is 53.6 Å². The number of nitrogens with one attached hydrogen (secondary N) is 1. The molecule has 1 N–H and O–H groups in total. The molecule has 1 aliphatic rings. The van der Waals surface area contributed by atoms with Crippen molar-refractivity contribution in [3.63, 3.8) is 0 Å². The van der Waals surface area contributed by atoms with Gasteiger partial charge in [0.1, 0.15) is 11.6 Å². The van der Waals surface area contributed by atoms with Crippen LogP contribution >= 0.6 is 0 Å². The Morgan fingerprint density at radius 2 is 1.89 bits per heavy atom. The number of aromatic nitrogens is 2. The number of carbonyl (C=O) groups is 2. The summed E-state index contributed by atoms with van der Waals surface area (Å²) in [6.07, 6.45) is 2.81. The predicted molar refractivity (Wildman–Crippen MR) is 136 cm³/mol. The van der Waals surface area contributed by atoms with Crippen LogP contribution in [0.1, 0.15) is 53.1 Å². The average molecular weight is 508 g/mol. The van der Waals surface area contributed by atoms with Crippen LogP contribution in [0.5, 0.6) is 5.75 Å². The van der Waals surface area contributed by atoms with Gasteiger partial charge in [0.2, 0.25) is 5.91 Å². The quantitative estimate of drug-likeness (QED) is 0.516. The third kappa shape index (κ3) is 4.88. The van der Waals surface area contributed by atoms with Gasteiger partial charge < -0.3 is 10.1 Å². The monoisotopic (exact) mass is 507 g/mol. The smallest absolute Gasteiger partial charge is 0.229 e. The van der Waals surface area contributed by atoms with E-state index in [0.717, 1.165) is 5.56 Å². The van der Waals surface area contributed by atoms with Gasteiger partial charge in [-0.1, -0.05) is 19.1 Å². The second kappa shape index (κ2) is 9.81. The van der Waals surface area contributed by atoms with Crippen molar-refractivity contribution in [2.24, 2.45) is 0 Å². The number of rotatable bonds is 7. The van der Waals surface area contributed by atoms with Crippen LogP contribution in [0, 0.1) is 6.92 Å². The Kier molecular flexibility index (Phi) is 6.95. The molecule has 0 saturated carbocycles. The van der Waals surface area contributed by atoms with E-state index in [1.807, 2.05) is 13.8 Å². The Bertz CT molecular complexity index is 1430. The summed E-state index contributed by atoms with van der Waals surface area (Å²) in [5, 5.41) is 2.81. The first-order chi connectivity index (χ1) is 17.1. The molecular weight excluding hydrogens is 478 g/mol. The summed E-state index contributed by atoms with van der Waals surface area (Å²) in [5.41, 5.74) is 2.52. The van der Waals surface area contributed by atoms with E-state index < -0.39 is 15.3 Å². The summed E-state index contributed by atoms with van der Waals surface area (Å²) < 4.78 is 29.3. The second-order valence-electron chi connectivity index (χ2n) is 9.16. The van der Waals surface area contributed by atoms with Crippen molar-refractivity contribution in [1.29, 1.82) is 0 Å². The zero-order valence-electron chi connectivity index (χ0n) is 20.8. The van der Waals surface area contributed by atoms with E-state index in [-0.39, 0.29) is 28.8 Å². The van der Waals surface area contributed by atoms with E-state index in [1.54, 1.807) is 50.6 Å². The van der Waals surface area contributed by atoms with Crippen LogP contribution in [0.25, 0.3) is 0 Å². The van der Waals surface area contributed by atoms with Crippen molar-refractivity contribution < 1.29 is 22.7 Å². The molecule has 0 spiro atoms. The molecule has 8 nitrogen and oxygen atoms in total. The number of pyridine rings is 2. The number of amides is 1. The molecule has 1 aliphatic carbocycles. The molecule has 36 heavy (non-hydrogen) atoms. The van der Waals surface area contributed by atoms with Crippen LogP contribution in [0.4, 0.5) is 5.82 Å². The van der Waals surface area contributed by atoms with E-state index in [0.29, 0.717) is 46.9 Å². The van der Waals surface area contributed by atoms with Crippen LogP contribution in [0.3, 0.4) is 0 Å². The number of sulfone groups is 1. The highest BCUT2D eigenvalue weighted by Gasteiger charge is 2.42. The van der Waals surface area contributed by atoms with Gasteiger partial charge in [0.25, 0.3) is 0 Å². The molecule has 1 unspecified atom stereocenters. The number of carbonyl (C=O) groups excluding carboxylic acids is 2. The normalized spacial score (nSPS) is 17.4. The number of methoxy groups -OCH3 is 1. The van der Waals surface area contributed by atoms with Gasteiger partial charge >= 0.3 is 0 Å². The molecule has 2 aromatic heterocycles. The van der Waals surface area contributed by atoms with Crippen LogP contribution in [0.2, 0.25) is 0 Å². The van der Waals surface area contributed by atoms with Gasteiger partial charge in [0.05, 0.1) is 41.0 Å². The maximum atomic E-state index is 13.6. The van der Waals surface area contributed by atoms with Crippen LogP contribution in [-0.2, 0) is 32.9 Å². The lowest BCUT2D eigenvalue weighted by molar-refractivity contribution is -0.115. The fourth-order valence-corrected chi connectivity index (χ4v) is 5.37. The standard InChI is InChI=1S/C27H29N3O5S/c1-5-36(33,34)20-8-6-18(7-9-20)15-24(31)30-23-14-17(2)25-21(29-23)10-12-27(3,26(25)32)22-16-19(35-4)11-13-28-22/h6-9,11,13-14,16H,5,10,12,15H2,1-4H3,(H,29,30,31). The molecule has 0 radical (unpaired) electrons. The topological polar surface area (TPSA) is 115 Å². The Balaban J connectivity index is 1.52. The van der Waals surface area contributed by atoms with Crippen molar-refractivity contribution >= 4 is 27.3 Å². The number of hydrogen-bond donors (Lipinski definition) is 1. The molecule has 188 valence electrons. The lowest BCUT2D eigenvalue weighted by Gasteiger charge is -2.33. The first kappa shape index (κ1) is 25.5. The van der Waals surface area contributed by atoms with E-state index in [2.05, 4.69) is 15.3 Å². The van der Waals surface area contributed by atoms with E-state index >= 15 is 0 Å². The average Bonchev–Trinajstić information content (AvgIpc) is 2.86. The first-order valence-electron chi connectivity index (χ1n) is 11.7. The molecular formula is C27H29N3O5S. The van der Waals surface area contributed by atoms with Crippen molar-refractivity contribution in [1.82, 2.24) is 9.97 Å². The fraction of sp³-hybridized carbons (Fsp3) is 0.333. The highest BCUT2D eigenvalue weighted by Crippen LogP contribution is 2.39. The van der Waals surface area contributed by atoms with Gasteiger partial charge in [-0.15, -0.1) is 0 Å². The Hall–Kier alpha value is -3.59. The largest absolute Gasteiger partial charge is 0.497 e. The SMILES string of the molecule is CCS(=O)(=O)c1ccc(CC(=O)Nc2cc(C)c3c(n2)CCC(C)(c2cc(OC)ccn2)C3=O)cc1. The number of anilines is 1. The molecule has 1 amide bonds. The number of hydrogen-bond acceptors (Lipinski definition) is 7. The summed E-state index contributed by atoms with van der Waals surface area (Å²) >= 11 is 0. The summed E-state index contributed by atoms with van der Waals surface area (Å²) in [6.45, 7) is 5.33. The lowest BCUT2D eigenvalue weighted by atomic mass is 9.70. The third-order valence-corrected chi connectivity index (χ3v) is 8.46. The van der Waals surface area contributed by atoms with Crippen molar-refractivity contribution in [2.45, 2.75) is 50.3 Å². The van der Waals surface area contributed by atoms with Crippen molar-refractivity contribution in [2.75, 3.05) is 18.2 Å². The number of fused-ring (bicyclic) bond motifs is 1. The van der Waals surface area contributed by atoms with Gasteiger partial charge in [-0.3, -0.25) is 14.6 Å². The van der Waals surface area contributed by atoms with Gasteiger partial charge in [-0.25, -0.2) is 13.4 Å². The summed E-state index contributed by atoms with van der Waals surface area (Å²) in [5.74, 6) is 0.732. The molecule has 0 saturated heterocycles. The van der Waals surface area contributed by atoms with Gasteiger partial charge in [-0.05, 0) is 62.1 Å². The molecule has 1 aromatic carbocycles. The molecule has 1 atom stereocenters. The number of Topliss-reactive ketones (excluding diaryl/α,β-unsaturated/α-hetero) is 1. The van der Waals surface area contributed by atoms with Gasteiger partial charge in [0.15, 0.2) is 15.6 Å². The Morgan fingerprint density at radius 1 is 1.17 bits per heavy atom. The van der Waals surface area contributed by atoms with Gasteiger partial charge in [-0.2, -0.15) is 0 Å². The molecule has 0 aliphatic heterocycles. The number of aryl methyl sites for hydroxylation is 2. The molecule has 9 heteroatoms. The highest BCUT2D eigenvalue weighted by molar-refractivity contribution is 7.91. The van der Waals surface area contributed by atoms with Crippen LogP contribution < -0.4 is 10.1 Å². The number of ether oxygens (including phenoxy) is 1. The molecule has 0 fully saturated rings.